The van der Waals surface area contributed by atoms with Gasteiger partial charge in [0.1, 0.15) is 0 Å². The molecule has 0 aliphatic carbocycles. The van der Waals surface area contributed by atoms with Crippen LogP contribution in [-0.4, -0.2) is 19.7 Å². The quantitative estimate of drug-likeness (QED) is 0.252. The minimum absolute atomic E-state index is 0.720. The number of halogens is 1. The first-order chi connectivity index (χ1) is 15.2. The zero-order valence-corrected chi connectivity index (χ0v) is 19.7. The average molecular weight is 481 g/mol. The maximum atomic E-state index is 6.02. The van der Waals surface area contributed by atoms with E-state index in [4.69, 9.17) is 16.6 Å². The van der Waals surface area contributed by atoms with Gasteiger partial charge in [0, 0.05) is 16.0 Å². The third-order valence-electron chi connectivity index (χ3n) is 4.79. The molecule has 0 N–H and O–H groups in total. The van der Waals surface area contributed by atoms with E-state index in [2.05, 4.69) is 62.8 Å². The Hall–Kier alpha value is -2.45. The van der Waals surface area contributed by atoms with Gasteiger partial charge in [0.15, 0.2) is 10.2 Å². The zero-order valence-electron chi connectivity index (χ0n) is 16.5. The summed E-state index contributed by atoms with van der Waals surface area (Å²) in [6, 6.07) is 20.3. The Kier molecular flexibility index (Phi) is 5.91. The highest BCUT2D eigenvalue weighted by molar-refractivity contribution is 8.00. The molecule has 0 bridgehead atoms. The second-order valence-corrected chi connectivity index (χ2v) is 10.2. The molecule has 3 heterocycles. The molecule has 5 rings (SSSR count). The molecule has 0 spiro atoms. The van der Waals surface area contributed by atoms with Crippen LogP contribution in [0.5, 0.6) is 0 Å². The topological polar surface area (TPSA) is 43.6 Å². The number of nitrogens with zero attached hydrogens (tertiary/aromatic N) is 4. The van der Waals surface area contributed by atoms with Crippen LogP contribution in [0.4, 0.5) is 0 Å². The maximum Gasteiger partial charge on any atom is 0.203 e. The van der Waals surface area contributed by atoms with Crippen molar-refractivity contribution in [3.8, 4) is 27.6 Å². The summed E-state index contributed by atoms with van der Waals surface area (Å²) >= 11 is 10.8. The van der Waals surface area contributed by atoms with Gasteiger partial charge < -0.3 is 0 Å². The van der Waals surface area contributed by atoms with Crippen molar-refractivity contribution in [3.05, 3.63) is 82.0 Å². The van der Waals surface area contributed by atoms with Gasteiger partial charge in [-0.15, -0.1) is 32.9 Å². The molecule has 0 saturated heterocycles. The van der Waals surface area contributed by atoms with Crippen molar-refractivity contribution in [1.29, 1.82) is 0 Å². The largest absolute Gasteiger partial charge is 0.269 e. The fourth-order valence-electron chi connectivity index (χ4n) is 3.28. The van der Waals surface area contributed by atoms with E-state index >= 15 is 0 Å². The molecular weight excluding hydrogens is 464 g/mol. The summed E-state index contributed by atoms with van der Waals surface area (Å²) in [6.07, 6.45) is 0.931. The van der Waals surface area contributed by atoms with Crippen molar-refractivity contribution < 1.29 is 0 Å². The Balaban J connectivity index is 1.55. The molecule has 31 heavy (non-hydrogen) atoms. The Bertz CT molecular complexity index is 1310. The fraction of sp³-hybridized carbons (Fsp3) is 0.0870. The zero-order chi connectivity index (χ0) is 21.2. The van der Waals surface area contributed by atoms with Crippen LogP contribution in [0.25, 0.3) is 27.6 Å². The highest BCUT2D eigenvalue weighted by atomic mass is 35.5. The van der Waals surface area contributed by atoms with Crippen molar-refractivity contribution in [1.82, 2.24) is 19.7 Å². The summed E-state index contributed by atoms with van der Waals surface area (Å²) in [6.45, 7) is 2.17. The van der Waals surface area contributed by atoms with Crippen molar-refractivity contribution in [2.75, 3.05) is 0 Å². The van der Waals surface area contributed by atoms with Gasteiger partial charge >= 0.3 is 0 Å². The summed E-state index contributed by atoms with van der Waals surface area (Å²) in [5.74, 6) is 0.855. The predicted molar refractivity (Wildman–Crippen MR) is 131 cm³/mol. The molecule has 3 aromatic heterocycles. The van der Waals surface area contributed by atoms with Crippen LogP contribution < -0.4 is 0 Å². The molecule has 0 saturated carbocycles. The molecule has 154 valence electrons. The SMILES string of the molecule is CCc1ccccc1-n1c(Sc2nc(-c3ccc(Cl)cc3)cs2)nnc1-c1cccs1. The monoisotopic (exact) mass is 480 g/mol. The lowest BCUT2D eigenvalue weighted by atomic mass is 10.1. The van der Waals surface area contributed by atoms with Gasteiger partial charge in [0.05, 0.1) is 16.3 Å². The van der Waals surface area contributed by atoms with Crippen LogP contribution in [-0.2, 0) is 6.42 Å². The minimum Gasteiger partial charge on any atom is -0.269 e. The molecule has 4 nitrogen and oxygen atoms in total. The fourth-order valence-corrected chi connectivity index (χ4v) is 5.88. The van der Waals surface area contributed by atoms with Crippen LogP contribution in [0.1, 0.15) is 12.5 Å². The molecule has 5 aromatic rings. The second-order valence-electron chi connectivity index (χ2n) is 6.71. The number of hydrogen-bond donors (Lipinski definition) is 0. The van der Waals surface area contributed by atoms with Crippen molar-refractivity contribution in [2.24, 2.45) is 0 Å². The third kappa shape index (κ3) is 4.19. The van der Waals surface area contributed by atoms with Crippen LogP contribution in [0.15, 0.2) is 80.9 Å². The Morgan fingerprint density at radius 2 is 1.81 bits per heavy atom. The van der Waals surface area contributed by atoms with Gasteiger partial charge in [-0.05, 0) is 53.4 Å². The van der Waals surface area contributed by atoms with E-state index in [1.165, 1.54) is 5.56 Å². The lowest BCUT2D eigenvalue weighted by Crippen LogP contribution is -2.02. The highest BCUT2D eigenvalue weighted by Gasteiger charge is 2.20. The van der Waals surface area contributed by atoms with Crippen molar-refractivity contribution in [3.63, 3.8) is 0 Å². The Morgan fingerprint density at radius 3 is 2.58 bits per heavy atom. The van der Waals surface area contributed by atoms with Gasteiger partial charge in [-0.1, -0.05) is 54.9 Å². The van der Waals surface area contributed by atoms with Crippen LogP contribution >= 0.6 is 46.0 Å². The number of para-hydroxylation sites is 1. The Labute approximate surface area is 197 Å². The molecule has 0 aliphatic rings. The molecule has 0 amide bonds. The minimum atomic E-state index is 0.720. The number of thiophene rings is 1. The van der Waals surface area contributed by atoms with Gasteiger partial charge in [0.25, 0.3) is 0 Å². The Morgan fingerprint density at radius 1 is 0.968 bits per heavy atom. The molecular formula is C23H17ClN4S3. The smallest absolute Gasteiger partial charge is 0.203 e. The summed E-state index contributed by atoms with van der Waals surface area (Å²) in [4.78, 5) is 5.90. The number of thiazole rings is 1. The predicted octanol–water partition coefficient (Wildman–Crippen LogP) is 7.49. The number of aromatic nitrogens is 4. The van der Waals surface area contributed by atoms with E-state index in [-0.39, 0.29) is 0 Å². The lowest BCUT2D eigenvalue weighted by Gasteiger charge is -2.12. The lowest BCUT2D eigenvalue weighted by molar-refractivity contribution is 0.872. The summed E-state index contributed by atoms with van der Waals surface area (Å²) in [5.41, 5.74) is 4.34. The molecule has 0 radical (unpaired) electrons. The first kappa shape index (κ1) is 20.5. The number of hydrogen-bond acceptors (Lipinski definition) is 6. The molecule has 0 unspecified atom stereocenters. The molecule has 0 aliphatic heterocycles. The van der Waals surface area contributed by atoms with Crippen LogP contribution in [0.2, 0.25) is 5.02 Å². The van der Waals surface area contributed by atoms with Gasteiger partial charge in [0.2, 0.25) is 5.16 Å². The van der Waals surface area contributed by atoms with Gasteiger partial charge in [-0.3, -0.25) is 4.57 Å². The van der Waals surface area contributed by atoms with E-state index in [0.717, 1.165) is 48.6 Å². The number of benzene rings is 2. The summed E-state index contributed by atoms with van der Waals surface area (Å²) in [7, 11) is 0. The van der Waals surface area contributed by atoms with E-state index in [1.54, 1.807) is 34.4 Å². The van der Waals surface area contributed by atoms with Crippen LogP contribution in [0.3, 0.4) is 0 Å². The van der Waals surface area contributed by atoms with E-state index in [1.807, 2.05) is 30.3 Å². The number of aryl methyl sites for hydroxylation is 1. The first-order valence-electron chi connectivity index (χ1n) is 9.70. The average Bonchev–Trinajstić information content (AvgIpc) is 3.55. The van der Waals surface area contributed by atoms with Gasteiger partial charge in [-0.25, -0.2) is 4.98 Å². The molecule has 2 aromatic carbocycles. The molecule has 0 atom stereocenters. The standard InChI is InChI=1S/C23H17ClN4S3/c1-2-15-6-3-4-7-19(15)28-21(20-8-5-13-29-20)26-27-22(28)31-23-25-18(14-30-23)16-9-11-17(24)12-10-16/h3-14H,2H2,1H3. The highest BCUT2D eigenvalue weighted by Crippen LogP contribution is 2.37. The maximum absolute atomic E-state index is 6.02. The first-order valence-corrected chi connectivity index (χ1v) is 12.6. The van der Waals surface area contributed by atoms with Crippen molar-refractivity contribution in [2.45, 2.75) is 22.8 Å². The second kappa shape index (κ2) is 8.96. The summed E-state index contributed by atoms with van der Waals surface area (Å²) in [5, 5.41) is 14.7. The van der Waals surface area contributed by atoms with Crippen molar-refractivity contribution >= 4 is 46.0 Å². The normalized spacial score (nSPS) is 11.2. The number of rotatable bonds is 6. The van der Waals surface area contributed by atoms with E-state index < -0.39 is 0 Å². The van der Waals surface area contributed by atoms with Crippen LogP contribution in [0, 0.1) is 0 Å². The van der Waals surface area contributed by atoms with E-state index in [9.17, 15) is 0 Å². The molecule has 0 fully saturated rings. The van der Waals surface area contributed by atoms with Gasteiger partial charge in [-0.2, -0.15) is 0 Å². The molecule has 8 heteroatoms. The van der Waals surface area contributed by atoms with E-state index in [0.29, 0.717) is 0 Å². The third-order valence-corrected chi connectivity index (χ3v) is 7.79. The summed E-state index contributed by atoms with van der Waals surface area (Å²) < 4.78 is 3.07.